The fourth-order valence-electron chi connectivity index (χ4n) is 1.61. The summed E-state index contributed by atoms with van der Waals surface area (Å²) in [5.41, 5.74) is -0.540. The first-order chi connectivity index (χ1) is 5.11. The van der Waals surface area contributed by atoms with Crippen LogP contribution in [0.4, 0.5) is 0 Å². The minimum absolute atomic E-state index is 0.171. The number of aliphatic hydroxyl groups is 1. The minimum Gasteiger partial charge on any atom is -0.392 e. The zero-order chi connectivity index (χ0) is 8.48. The smallest absolute Gasteiger partial charge is 0.141 e. The van der Waals surface area contributed by atoms with E-state index in [4.69, 9.17) is 0 Å². The lowest BCUT2D eigenvalue weighted by molar-refractivity contribution is -0.127. The van der Waals surface area contributed by atoms with Gasteiger partial charge in [-0.1, -0.05) is 6.08 Å². The van der Waals surface area contributed by atoms with Crippen molar-refractivity contribution in [2.45, 2.75) is 32.3 Å². The van der Waals surface area contributed by atoms with Gasteiger partial charge in [0.25, 0.3) is 0 Å². The molecule has 62 valence electrons. The molecular weight excluding hydrogens is 140 g/mol. The Labute approximate surface area is 66.9 Å². The Morgan fingerprint density at radius 3 is 2.91 bits per heavy atom. The van der Waals surface area contributed by atoms with E-state index in [1.165, 1.54) is 0 Å². The van der Waals surface area contributed by atoms with Gasteiger partial charge in [-0.15, -0.1) is 6.58 Å². The molecule has 1 fully saturated rings. The Balaban J connectivity index is 2.79. The highest BCUT2D eigenvalue weighted by Gasteiger charge is 2.43. The topological polar surface area (TPSA) is 37.3 Å². The van der Waals surface area contributed by atoms with Gasteiger partial charge >= 0.3 is 0 Å². The lowest BCUT2D eigenvalue weighted by Crippen LogP contribution is -2.31. The van der Waals surface area contributed by atoms with Gasteiger partial charge in [-0.05, 0) is 19.8 Å². The number of carbonyl (C=O) groups is 1. The van der Waals surface area contributed by atoms with E-state index >= 15 is 0 Å². The molecule has 1 saturated carbocycles. The number of hydrogen-bond acceptors (Lipinski definition) is 2. The van der Waals surface area contributed by atoms with Crippen molar-refractivity contribution in [3.63, 3.8) is 0 Å². The van der Waals surface area contributed by atoms with E-state index in [0.717, 1.165) is 0 Å². The van der Waals surface area contributed by atoms with Gasteiger partial charge in [0.05, 0.1) is 11.5 Å². The maximum Gasteiger partial charge on any atom is 0.141 e. The van der Waals surface area contributed by atoms with Crippen molar-refractivity contribution in [2.75, 3.05) is 0 Å². The second-order valence-corrected chi connectivity index (χ2v) is 3.39. The van der Waals surface area contributed by atoms with Crippen LogP contribution in [0.3, 0.4) is 0 Å². The van der Waals surface area contributed by atoms with Crippen LogP contribution in [0.1, 0.15) is 26.2 Å². The normalized spacial score (nSPS) is 37.6. The first-order valence-electron chi connectivity index (χ1n) is 3.93. The Hall–Kier alpha value is -0.630. The van der Waals surface area contributed by atoms with Crippen LogP contribution in [0, 0.1) is 5.41 Å². The summed E-state index contributed by atoms with van der Waals surface area (Å²) in [5, 5.41) is 9.48. The van der Waals surface area contributed by atoms with Crippen LogP contribution in [0.25, 0.3) is 0 Å². The Morgan fingerprint density at radius 1 is 1.91 bits per heavy atom. The summed E-state index contributed by atoms with van der Waals surface area (Å²) in [6, 6.07) is 0. The van der Waals surface area contributed by atoms with Crippen LogP contribution in [0.15, 0.2) is 12.7 Å². The van der Waals surface area contributed by atoms with Crippen molar-refractivity contribution in [1.29, 1.82) is 0 Å². The number of allylic oxidation sites excluding steroid dienone is 1. The minimum atomic E-state index is -0.540. The summed E-state index contributed by atoms with van der Waals surface area (Å²) in [5.74, 6) is 0.171. The SMILES string of the molecule is C=CC[C@@]1(C)C(=O)CC[C@@H]1O. The molecule has 0 spiro atoms. The molecule has 2 nitrogen and oxygen atoms in total. The molecule has 0 amide bonds. The standard InChI is InChI=1S/C9H14O2/c1-3-6-9(2)7(10)4-5-8(9)11/h3,7,10H,1,4-6H2,2H3/t7-,9+/m0/s1. The second kappa shape index (κ2) is 2.78. The van der Waals surface area contributed by atoms with E-state index in [-0.39, 0.29) is 5.78 Å². The molecule has 0 aliphatic heterocycles. The number of rotatable bonds is 2. The van der Waals surface area contributed by atoms with Gasteiger partial charge < -0.3 is 5.11 Å². The Morgan fingerprint density at radius 2 is 2.55 bits per heavy atom. The van der Waals surface area contributed by atoms with Gasteiger partial charge in [-0.25, -0.2) is 0 Å². The highest BCUT2D eigenvalue weighted by Crippen LogP contribution is 2.37. The molecule has 0 aromatic heterocycles. The third-order valence-electron chi connectivity index (χ3n) is 2.59. The van der Waals surface area contributed by atoms with Gasteiger partial charge in [-0.2, -0.15) is 0 Å². The molecule has 2 atom stereocenters. The number of Topliss-reactive ketones (excluding diaryl/α,β-unsaturated/α-hetero) is 1. The Bertz CT molecular complexity index is 186. The van der Waals surface area contributed by atoms with Gasteiger partial charge in [0.2, 0.25) is 0 Å². The van der Waals surface area contributed by atoms with Crippen LogP contribution in [0.5, 0.6) is 0 Å². The lowest BCUT2D eigenvalue weighted by Gasteiger charge is -2.24. The predicted molar refractivity (Wildman–Crippen MR) is 43.2 cm³/mol. The van der Waals surface area contributed by atoms with Crippen molar-refractivity contribution >= 4 is 5.78 Å². The highest BCUT2D eigenvalue weighted by atomic mass is 16.3. The average molecular weight is 154 g/mol. The molecular formula is C9H14O2. The molecule has 0 aromatic carbocycles. The average Bonchev–Trinajstić information content (AvgIpc) is 2.19. The molecule has 2 heteroatoms. The first-order valence-corrected chi connectivity index (χ1v) is 3.93. The van der Waals surface area contributed by atoms with Crippen molar-refractivity contribution in [2.24, 2.45) is 5.41 Å². The molecule has 1 aliphatic carbocycles. The molecule has 1 N–H and O–H groups in total. The molecule has 0 bridgehead atoms. The molecule has 0 heterocycles. The molecule has 1 rings (SSSR count). The summed E-state index contributed by atoms with van der Waals surface area (Å²) in [4.78, 5) is 11.3. The number of aliphatic hydroxyl groups excluding tert-OH is 1. The van der Waals surface area contributed by atoms with Crippen LogP contribution < -0.4 is 0 Å². The van der Waals surface area contributed by atoms with E-state index in [1.807, 2.05) is 6.92 Å². The van der Waals surface area contributed by atoms with Gasteiger partial charge in [0.15, 0.2) is 0 Å². The van der Waals surface area contributed by atoms with Crippen molar-refractivity contribution < 1.29 is 9.90 Å². The number of hydrogen-bond donors (Lipinski definition) is 1. The molecule has 1 aliphatic rings. The van der Waals surface area contributed by atoms with E-state index in [9.17, 15) is 9.90 Å². The van der Waals surface area contributed by atoms with Crippen molar-refractivity contribution in [3.05, 3.63) is 12.7 Å². The van der Waals surface area contributed by atoms with Gasteiger partial charge in [-0.3, -0.25) is 4.79 Å². The summed E-state index contributed by atoms with van der Waals surface area (Å²) in [6.45, 7) is 5.39. The van der Waals surface area contributed by atoms with Crippen LogP contribution in [-0.2, 0) is 4.79 Å². The van der Waals surface area contributed by atoms with Crippen molar-refractivity contribution in [3.8, 4) is 0 Å². The van der Waals surface area contributed by atoms with Crippen LogP contribution >= 0.6 is 0 Å². The molecule has 0 aromatic rings. The number of ketones is 1. The largest absolute Gasteiger partial charge is 0.392 e. The molecule has 0 unspecified atom stereocenters. The maximum atomic E-state index is 11.3. The van der Waals surface area contributed by atoms with E-state index in [1.54, 1.807) is 6.08 Å². The van der Waals surface area contributed by atoms with Gasteiger partial charge in [0.1, 0.15) is 5.78 Å². The molecule has 0 radical (unpaired) electrons. The second-order valence-electron chi connectivity index (χ2n) is 3.39. The lowest BCUT2D eigenvalue weighted by atomic mass is 9.82. The zero-order valence-electron chi connectivity index (χ0n) is 6.84. The highest BCUT2D eigenvalue weighted by molar-refractivity contribution is 5.87. The predicted octanol–water partition coefficient (Wildman–Crippen LogP) is 1.29. The van der Waals surface area contributed by atoms with E-state index < -0.39 is 11.5 Å². The third kappa shape index (κ3) is 1.23. The summed E-state index contributed by atoms with van der Waals surface area (Å²) in [6.07, 6.45) is 2.96. The summed E-state index contributed by atoms with van der Waals surface area (Å²) >= 11 is 0. The summed E-state index contributed by atoms with van der Waals surface area (Å²) < 4.78 is 0. The Kier molecular flexibility index (Phi) is 2.14. The van der Waals surface area contributed by atoms with E-state index in [2.05, 4.69) is 6.58 Å². The zero-order valence-corrected chi connectivity index (χ0v) is 6.84. The first kappa shape index (κ1) is 8.47. The maximum absolute atomic E-state index is 11.3. The summed E-state index contributed by atoms with van der Waals surface area (Å²) in [7, 11) is 0. The molecule has 0 saturated heterocycles. The molecule has 11 heavy (non-hydrogen) atoms. The quantitative estimate of drug-likeness (QED) is 0.608. The van der Waals surface area contributed by atoms with Crippen molar-refractivity contribution in [1.82, 2.24) is 0 Å². The van der Waals surface area contributed by atoms with Crippen LogP contribution in [-0.4, -0.2) is 17.0 Å². The monoisotopic (exact) mass is 154 g/mol. The fraction of sp³-hybridized carbons (Fsp3) is 0.667. The fourth-order valence-corrected chi connectivity index (χ4v) is 1.61. The van der Waals surface area contributed by atoms with Crippen LogP contribution in [0.2, 0.25) is 0 Å². The van der Waals surface area contributed by atoms with E-state index in [0.29, 0.717) is 19.3 Å². The van der Waals surface area contributed by atoms with Gasteiger partial charge in [0, 0.05) is 6.42 Å². The number of carbonyl (C=O) groups excluding carboxylic acids is 1. The third-order valence-corrected chi connectivity index (χ3v) is 2.59.